The van der Waals surface area contributed by atoms with Crippen molar-refractivity contribution in [3.05, 3.63) is 30.5 Å². The number of aromatic amines is 1. The first-order chi connectivity index (χ1) is 14.2. The van der Waals surface area contributed by atoms with Gasteiger partial charge in [0.25, 0.3) is 0 Å². The van der Waals surface area contributed by atoms with Crippen LogP contribution in [0.25, 0.3) is 22.7 Å². The minimum atomic E-state index is 0.276. The number of morpholine rings is 2. The third kappa shape index (κ3) is 3.42. The molecule has 5 rings (SSSR count). The number of pyridine rings is 2. The van der Waals surface area contributed by atoms with Crippen LogP contribution in [0.1, 0.15) is 13.8 Å². The Morgan fingerprint density at radius 2 is 1.76 bits per heavy atom. The van der Waals surface area contributed by atoms with E-state index in [1.165, 1.54) is 0 Å². The van der Waals surface area contributed by atoms with Crippen molar-refractivity contribution in [3.8, 4) is 11.5 Å². The van der Waals surface area contributed by atoms with Crippen molar-refractivity contribution in [1.82, 2.24) is 19.9 Å². The van der Waals surface area contributed by atoms with Crippen molar-refractivity contribution in [2.45, 2.75) is 25.9 Å². The van der Waals surface area contributed by atoms with E-state index in [4.69, 9.17) is 19.4 Å². The van der Waals surface area contributed by atoms with E-state index in [0.29, 0.717) is 19.8 Å². The van der Waals surface area contributed by atoms with Crippen LogP contribution in [0.15, 0.2) is 30.5 Å². The normalized spacial score (nSPS) is 23.0. The average Bonchev–Trinajstić information content (AvgIpc) is 3.19. The Morgan fingerprint density at radius 3 is 2.45 bits per heavy atom. The lowest BCUT2D eigenvalue weighted by Crippen LogP contribution is -2.45. The van der Waals surface area contributed by atoms with E-state index < -0.39 is 0 Å². The fraction of sp³-hybridized carbons (Fsp3) is 0.476. The van der Waals surface area contributed by atoms with Gasteiger partial charge in [-0.05, 0) is 26.0 Å². The van der Waals surface area contributed by atoms with E-state index in [0.717, 1.165) is 53.9 Å². The largest absolute Gasteiger partial charge is 0.377 e. The van der Waals surface area contributed by atoms with Gasteiger partial charge in [0.1, 0.15) is 17.0 Å². The summed E-state index contributed by atoms with van der Waals surface area (Å²) < 4.78 is 11.3. The molecule has 152 valence electrons. The van der Waals surface area contributed by atoms with E-state index in [1.807, 2.05) is 18.2 Å². The zero-order valence-electron chi connectivity index (χ0n) is 16.8. The quantitative estimate of drug-likeness (QED) is 0.731. The maximum Gasteiger partial charge on any atom is 0.182 e. The van der Waals surface area contributed by atoms with Crippen LogP contribution in [0, 0.1) is 0 Å². The summed E-state index contributed by atoms with van der Waals surface area (Å²) in [5, 5.41) is 0. The summed E-state index contributed by atoms with van der Waals surface area (Å²) in [4.78, 5) is 22.3. The van der Waals surface area contributed by atoms with Gasteiger partial charge in [0.2, 0.25) is 0 Å². The second kappa shape index (κ2) is 7.61. The van der Waals surface area contributed by atoms with Crippen LogP contribution in [0.5, 0.6) is 0 Å². The minimum absolute atomic E-state index is 0.276. The molecule has 2 aliphatic heterocycles. The molecule has 0 aliphatic carbocycles. The maximum atomic E-state index is 5.66. The van der Waals surface area contributed by atoms with E-state index in [9.17, 15) is 0 Å². The summed E-state index contributed by atoms with van der Waals surface area (Å²) in [6.45, 7) is 8.90. The molecule has 0 saturated carbocycles. The van der Waals surface area contributed by atoms with E-state index in [1.54, 1.807) is 6.20 Å². The summed E-state index contributed by atoms with van der Waals surface area (Å²) in [6.07, 6.45) is 1.78. The topological polar surface area (TPSA) is 79.4 Å². The number of fused-ring (bicyclic) bond motifs is 1. The van der Waals surface area contributed by atoms with Crippen LogP contribution >= 0.6 is 0 Å². The highest BCUT2D eigenvalue weighted by molar-refractivity contribution is 5.90. The number of aromatic nitrogens is 4. The molecule has 8 heteroatoms. The Morgan fingerprint density at radius 1 is 1.00 bits per heavy atom. The second-order valence-electron chi connectivity index (χ2n) is 7.73. The third-order valence-corrected chi connectivity index (χ3v) is 5.67. The highest BCUT2D eigenvalue weighted by Gasteiger charge is 2.27. The number of rotatable bonds is 3. The molecule has 1 N–H and O–H groups in total. The van der Waals surface area contributed by atoms with Gasteiger partial charge in [-0.1, -0.05) is 6.07 Å². The first kappa shape index (κ1) is 18.3. The summed E-state index contributed by atoms with van der Waals surface area (Å²) in [6, 6.07) is 8.58. The number of nitrogens with one attached hydrogen (secondary N) is 1. The van der Waals surface area contributed by atoms with Gasteiger partial charge in [-0.3, -0.25) is 4.98 Å². The summed E-state index contributed by atoms with van der Waals surface area (Å²) in [7, 11) is 0. The lowest BCUT2D eigenvalue weighted by molar-refractivity contribution is 0.0981. The van der Waals surface area contributed by atoms with Crippen LogP contribution in [-0.2, 0) is 9.47 Å². The van der Waals surface area contributed by atoms with Crippen LogP contribution < -0.4 is 9.80 Å². The average molecular weight is 394 g/mol. The van der Waals surface area contributed by atoms with E-state index >= 15 is 0 Å². The highest BCUT2D eigenvalue weighted by atomic mass is 16.5. The van der Waals surface area contributed by atoms with Crippen molar-refractivity contribution >= 4 is 22.7 Å². The number of hydrogen-bond acceptors (Lipinski definition) is 7. The van der Waals surface area contributed by atoms with Crippen molar-refractivity contribution in [2.24, 2.45) is 0 Å². The predicted octanol–water partition coefficient (Wildman–Crippen LogP) is 2.47. The lowest BCUT2D eigenvalue weighted by Gasteiger charge is -2.37. The number of imidazole rings is 1. The summed E-state index contributed by atoms with van der Waals surface area (Å²) >= 11 is 0. The molecule has 29 heavy (non-hydrogen) atoms. The lowest BCUT2D eigenvalue weighted by atomic mass is 10.2. The number of H-pyrrole nitrogens is 1. The standard InChI is InChI=1S/C21H26N6O2/c1-14-12-28-9-7-26(14)17-11-18(27-8-10-29-13-15(27)2)23-21-19(17)24-20(25-21)16-5-3-4-6-22-16/h3-6,11,14-15H,7-10,12-13H2,1-2H3,(H,23,24,25)/t14-,15+/m1/s1. The molecule has 2 saturated heterocycles. The molecule has 3 aromatic heterocycles. The molecule has 0 radical (unpaired) electrons. The van der Waals surface area contributed by atoms with E-state index in [2.05, 4.69) is 39.7 Å². The molecule has 0 aromatic carbocycles. The SMILES string of the molecule is C[C@@H]1COCCN1c1cc(N2CCOC[C@@H]2C)nc2nc(-c3ccccn3)[nH]c12. The van der Waals surface area contributed by atoms with Gasteiger partial charge in [0, 0.05) is 31.4 Å². The Kier molecular flexibility index (Phi) is 4.81. The predicted molar refractivity (Wildman–Crippen MR) is 112 cm³/mol. The molecule has 3 aromatic rings. The van der Waals surface area contributed by atoms with Crippen molar-refractivity contribution in [1.29, 1.82) is 0 Å². The molecule has 0 unspecified atom stereocenters. The minimum Gasteiger partial charge on any atom is -0.377 e. The highest BCUT2D eigenvalue weighted by Crippen LogP contribution is 2.33. The maximum absolute atomic E-state index is 5.66. The molecule has 2 aliphatic rings. The summed E-state index contributed by atoms with van der Waals surface area (Å²) in [5.74, 6) is 1.68. The number of ether oxygens (including phenoxy) is 2. The van der Waals surface area contributed by atoms with E-state index in [-0.39, 0.29) is 12.1 Å². The van der Waals surface area contributed by atoms with Gasteiger partial charge in [-0.15, -0.1) is 0 Å². The monoisotopic (exact) mass is 394 g/mol. The molecular weight excluding hydrogens is 368 g/mol. The van der Waals surface area contributed by atoms with Crippen LogP contribution in [0.3, 0.4) is 0 Å². The van der Waals surface area contributed by atoms with Crippen molar-refractivity contribution in [2.75, 3.05) is 49.3 Å². The molecule has 2 fully saturated rings. The zero-order valence-corrected chi connectivity index (χ0v) is 16.8. The second-order valence-corrected chi connectivity index (χ2v) is 7.73. The van der Waals surface area contributed by atoms with Crippen molar-refractivity contribution < 1.29 is 9.47 Å². The van der Waals surface area contributed by atoms with Gasteiger partial charge in [-0.25, -0.2) is 9.97 Å². The fourth-order valence-electron chi connectivity index (χ4n) is 4.11. The van der Waals surface area contributed by atoms with Gasteiger partial charge in [0.15, 0.2) is 11.5 Å². The number of nitrogens with zero attached hydrogens (tertiary/aromatic N) is 5. The first-order valence-corrected chi connectivity index (χ1v) is 10.2. The Hall–Kier alpha value is -2.71. The van der Waals surface area contributed by atoms with Gasteiger partial charge in [-0.2, -0.15) is 0 Å². The first-order valence-electron chi connectivity index (χ1n) is 10.2. The fourth-order valence-corrected chi connectivity index (χ4v) is 4.11. The van der Waals surface area contributed by atoms with Crippen LogP contribution in [-0.4, -0.2) is 71.5 Å². The zero-order chi connectivity index (χ0) is 19.8. The molecule has 0 bridgehead atoms. The molecular formula is C21H26N6O2. The molecule has 0 amide bonds. The van der Waals surface area contributed by atoms with Gasteiger partial charge < -0.3 is 24.3 Å². The summed E-state index contributed by atoms with van der Waals surface area (Å²) in [5.41, 5.74) is 3.60. The Labute approximate surface area is 169 Å². The number of hydrogen-bond donors (Lipinski definition) is 1. The number of anilines is 2. The molecule has 0 spiro atoms. The van der Waals surface area contributed by atoms with Crippen LogP contribution in [0.4, 0.5) is 11.5 Å². The Balaban J connectivity index is 1.65. The molecule has 2 atom stereocenters. The van der Waals surface area contributed by atoms with Gasteiger partial charge in [0.05, 0.1) is 38.2 Å². The molecule has 8 nitrogen and oxygen atoms in total. The molecule has 5 heterocycles. The van der Waals surface area contributed by atoms with Gasteiger partial charge >= 0.3 is 0 Å². The Bertz CT molecular complexity index is 992. The smallest absolute Gasteiger partial charge is 0.182 e. The third-order valence-electron chi connectivity index (χ3n) is 5.67. The van der Waals surface area contributed by atoms with Crippen molar-refractivity contribution in [3.63, 3.8) is 0 Å². The van der Waals surface area contributed by atoms with Crippen LogP contribution in [0.2, 0.25) is 0 Å².